The Kier molecular flexibility index (Phi) is 3.88. The average Bonchev–Trinajstić information content (AvgIpc) is 3.43. The molecule has 0 spiro atoms. The lowest BCUT2D eigenvalue weighted by atomic mass is 10.0. The van der Waals surface area contributed by atoms with Crippen molar-refractivity contribution >= 4 is 21.8 Å². The normalized spacial score (nSPS) is 15.5. The van der Waals surface area contributed by atoms with Crippen LogP contribution in [0.25, 0.3) is 50.0 Å². The maximum absolute atomic E-state index is 5.45. The highest BCUT2D eigenvalue weighted by Crippen LogP contribution is 2.47. The van der Waals surface area contributed by atoms with Crippen molar-refractivity contribution in [1.29, 1.82) is 0 Å². The fourth-order valence-corrected chi connectivity index (χ4v) is 4.84. The Morgan fingerprint density at radius 1 is 0.812 bits per heavy atom. The van der Waals surface area contributed by atoms with E-state index in [4.69, 9.17) is 14.7 Å². The summed E-state index contributed by atoms with van der Waals surface area (Å²) >= 11 is 0. The number of nitrogens with zero attached hydrogens (tertiary/aromatic N) is 6. The molecule has 7 nitrogen and oxygen atoms in total. The van der Waals surface area contributed by atoms with E-state index in [1.807, 2.05) is 35.1 Å². The van der Waals surface area contributed by atoms with Crippen molar-refractivity contribution in [2.45, 2.75) is 6.54 Å². The molecule has 0 atom stereocenters. The monoisotopic (exact) mass is 420 g/mol. The molecule has 1 fully saturated rings. The highest BCUT2D eigenvalue weighted by atomic mass is 16.5. The molecule has 156 valence electrons. The Bertz CT molecular complexity index is 1450. The van der Waals surface area contributed by atoms with Crippen LogP contribution in [0.5, 0.6) is 0 Å². The highest BCUT2D eigenvalue weighted by Gasteiger charge is 2.26. The minimum absolute atomic E-state index is 0.778. The Hall–Kier alpha value is -3.68. The molecule has 0 amide bonds. The fourth-order valence-electron chi connectivity index (χ4n) is 4.84. The minimum atomic E-state index is 0.778. The second kappa shape index (κ2) is 6.91. The molecular formula is C25H20N6O. The number of benzene rings is 3. The Balaban J connectivity index is 1.34. The standard InChI is InChI=1S/C25H20N6O/c1-2-7-21-20(6-1)26-24-18-5-3-4-17-22(9-8-19(23(17)18)25(24)27-21)31-15-16(28-29-31)14-30-10-12-32-13-11-30/h1-9,15H,10-14H2. The van der Waals surface area contributed by atoms with Gasteiger partial charge < -0.3 is 4.74 Å². The summed E-state index contributed by atoms with van der Waals surface area (Å²) in [5.41, 5.74) is 7.97. The van der Waals surface area contributed by atoms with Gasteiger partial charge in [-0.15, -0.1) is 5.10 Å². The lowest BCUT2D eigenvalue weighted by Crippen LogP contribution is -2.35. The number of para-hydroxylation sites is 2. The van der Waals surface area contributed by atoms with Crippen molar-refractivity contribution in [2.75, 3.05) is 26.3 Å². The molecule has 7 rings (SSSR count). The summed E-state index contributed by atoms with van der Waals surface area (Å²) in [6.07, 6.45) is 2.03. The first-order chi connectivity index (χ1) is 15.8. The zero-order chi connectivity index (χ0) is 21.1. The van der Waals surface area contributed by atoms with E-state index >= 15 is 0 Å². The molecule has 3 heterocycles. The Labute approximate surface area is 184 Å². The number of fused-ring (bicyclic) bond motifs is 4. The predicted molar refractivity (Wildman–Crippen MR) is 122 cm³/mol. The van der Waals surface area contributed by atoms with Crippen LogP contribution in [0.3, 0.4) is 0 Å². The van der Waals surface area contributed by atoms with Gasteiger partial charge in [-0.1, -0.05) is 35.5 Å². The quantitative estimate of drug-likeness (QED) is 0.433. The zero-order valence-corrected chi connectivity index (χ0v) is 17.4. The van der Waals surface area contributed by atoms with Crippen molar-refractivity contribution in [1.82, 2.24) is 29.9 Å². The molecule has 1 aliphatic carbocycles. The first-order valence-electron chi connectivity index (χ1n) is 10.9. The number of ether oxygens (including phenoxy) is 1. The summed E-state index contributed by atoms with van der Waals surface area (Å²) in [4.78, 5) is 12.3. The summed E-state index contributed by atoms with van der Waals surface area (Å²) in [6, 6.07) is 18.7. The van der Waals surface area contributed by atoms with E-state index in [1.165, 1.54) is 5.39 Å². The molecule has 0 radical (unpaired) electrons. The molecule has 32 heavy (non-hydrogen) atoms. The van der Waals surface area contributed by atoms with Crippen molar-refractivity contribution in [3.05, 3.63) is 66.5 Å². The second-order valence-electron chi connectivity index (χ2n) is 8.31. The molecule has 0 N–H and O–H groups in total. The number of morpholine rings is 1. The molecule has 1 saturated heterocycles. The van der Waals surface area contributed by atoms with E-state index in [-0.39, 0.29) is 0 Å². The summed E-state index contributed by atoms with van der Waals surface area (Å²) in [6.45, 7) is 4.21. The van der Waals surface area contributed by atoms with Gasteiger partial charge in [0.25, 0.3) is 0 Å². The highest BCUT2D eigenvalue weighted by molar-refractivity contribution is 6.16. The van der Waals surface area contributed by atoms with Crippen LogP contribution < -0.4 is 0 Å². The molecule has 2 aliphatic rings. The molecule has 2 aromatic heterocycles. The Morgan fingerprint density at radius 3 is 2.34 bits per heavy atom. The summed E-state index contributed by atoms with van der Waals surface area (Å²) in [7, 11) is 0. The van der Waals surface area contributed by atoms with Crippen molar-refractivity contribution in [3.8, 4) is 28.2 Å². The topological polar surface area (TPSA) is 69.0 Å². The molecular weight excluding hydrogens is 400 g/mol. The number of aromatic nitrogens is 5. The van der Waals surface area contributed by atoms with Crippen LogP contribution in [0, 0.1) is 0 Å². The van der Waals surface area contributed by atoms with E-state index in [0.717, 1.165) is 83.2 Å². The summed E-state index contributed by atoms with van der Waals surface area (Å²) in [5.74, 6) is 0. The number of hydrogen-bond acceptors (Lipinski definition) is 6. The summed E-state index contributed by atoms with van der Waals surface area (Å²) in [5, 5.41) is 11.2. The van der Waals surface area contributed by atoms with Crippen LogP contribution in [0.2, 0.25) is 0 Å². The summed E-state index contributed by atoms with van der Waals surface area (Å²) < 4.78 is 7.33. The third-order valence-electron chi connectivity index (χ3n) is 6.38. The molecule has 1 aliphatic heterocycles. The molecule has 0 unspecified atom stereocenters. The molecule has 3 aromatic carbocycles. The average molecular weight is 420 g/mol. The van der Waals surface area contributed by atoms with Gasteiger partial charge >= 0.3 is 0 Å². The molecule has 5 aromatic rings. The first-order valence-corrected chi connectivity index (χ1v) is 10.9. The second-order valence-corrected chi connectivity index (χ2v) is 8.31. The van der Waals surface area contributed by atoms with E-state index in [9.17, 15) is 0 Å². The fraction of sp³-hybridized carbons (Fsp3) is 0.200. The third kappa shape index (κ3) is 2.68. The van der Waals surface area contributed by atoms with Crippen LogP contribution in [0.4, 0.5) is 0 Å². The SMILES string of the molecule is c1ccc2nc3c(nc2c1)-c1cccc2c(-n4cc(CN5CCOCC5)nn4)ccc-3c12. The number of hydrogen-bond donors (Lipinski definition) is 0. The maximum atomic E-state index is 5.45. The van der Waals surface area contributed by atoms with E-state index in [1.54, 1.807) is 0 Å². The largest absolute Gasteiger partial charge is 0.379 e. The third-order valence-corrected chi connectivity index (χ3v) is 6.38. The van der Waals surface area contributed by atoms with Gasteiger partial charge in [-0.2, -0.15) is 0 Å². The van der Waals surface area contributed by atoms with Gasteiger partial charge in [0.15, 0.2) is 0 Å². The van der Waals surface area contributed by atoms with Crippen molar-refractivity contribution in [3.63, 3.8) is 0 Å². The lowest BCUT2D eigenvalue weighted by Gasteiger charge is -2.25. The first kappa shape index (κ1) is 17.9. The predicted octanol–water partition coefficient (Wildman–Crippen LogP) is 3.84. The Morgan fingerprint density at radius 2 is 1.56 bits per heavy atom. The van der Waals surface area contributed by atoms with E-state index in [0.29, 0.717) is 0 Å². The van der Waals surface area contributed by atoms with E-state index < -0.39 is 0 Å². The minimum Gasteiger partial charge on any atom is -0.379 e. The van der Waals surface area contributed by atoms with Crippen LogP contribution in [0.15, 0.2) is 60.8 Å². The lowest BCUT2D eigenvalue weighted by molar-refractivity contribution is 0.0336. The number of rotatable bonds is 3. The molecule has 0 bridgehead atoms. The van der Waals surface area contributed by atoms with Gasteiger partial charge in [0, 0.05) is 41.5 Å². The van der Waals surface area contributed by atoms with Gasteiger partial charge in [-0.3, -0.25) is 4.90 Å². The maximum Gasteiger partial charge on any atom is 0.0979 e. The van der Waals surface area contributed by atoms with E-state index in [2.05, 4.69) is 45.5 Å². The van der Waals surface area contributed by atoms with Crippen molar-refractivity contribution in [2.24, 2.45) is 0 Å². The van der Waals surface area contributed by atoms with Crippen LogP contribution in [0.1, 0.15) is 5.69 Å². The van der Waals surface area contributed by atoms with Crippen LogP contribution in [-0.2, 0) is 11.3 Å². The van der Waals surface area contributed by atoms with Gasteiger partial charge in [0.1, 0.15) is 0 Å². The smallest absolute Gasteiger partial charge is 0.0979 e. The van der Waals surface area contributed by atoms with Gasteiger partial charge in [-0.05, 0) is 24.3 Å². The van der Waals surface area contributed by atoms with Crippen LogP contribution in [-0.4, -0.2) is 56.2 Å². The van der Waals surface area contributed by atoms with Crippen LogP contribution >= 0.6 is 0 Å². The van der Waals surface area contributed by atoms with Gasteiger partial charge in [0.2, 0.25) is 0 Å². The van der Waals surface area contributed by atoms with Crippen molar-refractivity contribution < 1.29 is 4.74 Å². The van der Waals surface area contributed by atoms with Gasteiger partial charge in [-0.25, -0.2) is 14.6 Å². The zero-order valence-electron chi connectivity index (χ0n) is 17.4. The molecule has 0 saturated carbocycles. The molecule has 7 heteroatoms. The van der Waals surface area contributed by atoms with Gasteiger partial charge in [0.05, 0.1) is 53.2 Å².